The van der Waals surface area contributed by atoms with E-state index in [0.29, 0.717) is 17.5 Å². The molecule has 0 saturated heterocycles. The molecule has 0 aliphatic carbocycles. The van der Waals surface area contributed by atoms with Gasteiger partial charge in [-0.3, -0.25) is 0 Å². The third-order valence-electron chi connectivity index (χ3n) is 3.86. The average molecular weight is 412 g/mol. The Morgan fingerprint density at radius 1 is 1.07 bits per heavy atom. The lowest BCUT2D eigenvalue weighted by atomic mass is 10.3. The Hall–Kier alpha value is -3.53. The molecule has 0 atom stereocenters. The number of aryl methyl sites for hydroxylation is 1. The van der Waals surface area contributed by atoms with Crippen molar-refractivity contribution in [1.82, 2.24) is 19.6 Å². The summed E-state index contributed by atoms with van der Waals surface area (Å²) in [4.78, 5) is 21.4. The number of fused-ring (bicyclic) bond motifs is 1. The highest BCUT2D eigenvalue weighted by Crippen LogP contribution is 2.29. The summed E-state index contributed by atoms with van der Waals surface area (Å²) in [6.45, 7) is 1.88. The first-order valence-electron chi connectivity index (χ1n) is 8.46. The Morgan fingerprint density at radius 2 is 1.86 bits per heavy atom. The minimum absolute atomic E-state index is 0.110. The maximum Gasteiger partial charge on any atom is 0.323 e. The van der Waals surface area contributed by atoms with Crippen LogP contribution in [0.5, 0.6) is 0 Å². The second-order valence-electron chi connectivity index (χ2n) is 6.04. The van der Waals surface area contributed by atoms with Crippen molar-refractivity contribution in [3.05, 3.63) is 72.2 Å². The van der Waals surface area contributed by atoms with Crippen LogP contribution in [0.25, 0.3) is 5.78 Å². The van der Waals surface area contributed by atoms with Gasteiger partial charge < -0.3 is 10.6 Å². The Labute approximate surface area is 168 Å². The van der Waals surface area contributed by atoms with Crippen LogP contribution in [0, 0.1) is 18.6 Å². The average Bonchev–Trinajstić information content (AvgIpc) is 3.14. The van der Waals surface area contributed by atoms with Gasteiger partial charge in [0.05, 0.1) is 5.69 Å². The standard InChI is InChI=1S/C19H14F2N6OS/c1-11-8-17(27-18(24-11)22-10-23-27)29-14-5-3-13(4-6-14)25-19(28)26-16-7-2-12(20)9-15(16)21/h2-10H,1H3,(H2,25,26,28). The number of aromatic nitrogens is 4. The molecule has 2 aromatic carbocycles. The number of benzene rings is 2. The summed E-state index contributed by atoms with van der Waals surface area (Å²) in [5, 5.41) is 9.97. The largest absolute Gasteiger partial charge is 0.323 e. The van der Waals surface area contributed by atoms with Crippen LogP contribution in [0.15, 0.2) is 64.8 Å². The summed E-state index contributed by atoms with van der Waals surface area (Å²) in [7, 11) is 0. The number of halogens is 2. The summed E-state index contributed by atoms with van der Waals surface area (Å²) >= 11 is 1.48. The van der Waals surface area contributed by atoms with E-state index in [-0.39, 0.29) is 5.69 Å². The second kappa shape index (κ2) is 7.84. The molecule has 10 heteroatoms. The molecule has 7 nitrogen and oxygen atoms in total. The van der Waals surface area contributed by atoms with Crippen LogP contribution >= 0.6 is 11.8 Å². The van der Waals surface area contributed by atoms with E-state index in [1.165, 1.54) is 18.1 Å². The van der Waals surface area contributed by atoms with Gasteiger partial charge in [0.1, 0.15) is 23.0 Å². The predicted molar refractivity (Wildman–Crippen MR) is 105 cm³/mol. The first-order chi connectivity index (χ1) is 14.0. The zero-order chi connectivity index (χ0) is 20.4. The van der Waals surface area contributed by atoms with Gasteiger partial charge in [-0.05, 0) is 49.4 Å². The highest BCUT2D eigenvalue weighted by molar-refractivity contribution is 7.99. The van der Waals surface area contributed by atoms with Gasteiger partial charge in [-0.2, -0.15) is 14.6 Å². The van der Waals surface area contributed by atoms with Gasteiger partial charge in [0.2, 0.25) is 0 Å². The van der Waals surface area contributed by atoms with Crippen molar-refractivity contribution in [3.8, 4) is 0 Å². The Morgan fingerprint density at radius 3 is 2.62 bits per heavy atom. The summed E-state index contributed by atoms with van der Waals surface area (Å²) in [6.07, 6.45) is 1.45. The number of rotatable bonds is 4. The van der Waals surface area contributed by atoms with Crippen molar-refractivity contribution in [1.29, 1.82) is 0 Å². The van der Waals surface area contributed by atoms with E-state index in [0.717, 1.165) is 27.7 Å². The number of anilines is 2. The van der Waals surface area contributed by atoms with E-state index in [1.54, 1.807) is 16.6 Å². The number of nitrogens with one attached hydrogen (secondary N) is 2. The Balaban J connectivity index is 1.43. The fourth-order valence-electron chi connectivity index (χ4n) is 2.57. The first-order valence-corrected chi connectivity index (χ1v) is 9.28. The van der Waals surface area contributed by atoms with Crippen molar-refractivity contribution < 1.29 is 13.6 Å². The number of hydrogen-bond donors (Lipinski definition) is 2. The van der Waals surface area contributed by atoms with Gasteiger partial charge in [-0.15, -0.1) is 0 Å². The smallest absolute Gasteiger partial charge is 0.308 e. The molecule has 0 bridgehead atoms. The van der Waals surface area contributed by atoms with E-state index in [4.69, 9.17) is 0 Å². The van der Waals surface area contributed by atoms with Gasteiger partial charge >= 0.3 is 6.03 Å². The highest BCUT2D eigenvalue weighted by Gasteiger charge is 2.10. The molecule has 2 amide bonds. The quantitative estimate of drug-likeness (QED) is 0.482. The van der Waals surface area contributed by atoms with Crippen LogP contribution in [-0.4, -0.2) is 25.6 Å². The molecular formula is C19H14F2N6OS. The van der Waals surface area contributed by atoms with Crippen LogP contribution in [0.3, 0.4) is 0 Å². The number of urea groups is 1. The summed E-state index contributed by atoms with van der Waals surface area (Å²) in [5.74, 6) is -1.04. The number of amides is 2. The Kier molecular flexibility index (Phi) is 5.09. The minimum Gasteiger partial charge on any atom is -0.308 e. The number of nitrogens with zero attached hydrogens (tertiary/aromatic N) is 4. The molecule has 2 heterocycles. The lowest BCUT2D eigenvalue weighted by Gasteiger charge is -2.09. The lowest BCUT2D eigenvalue weighted by molar-refractivity contribution is 0.262. The molecule has 0 unspecified atom stereocenters. The SMILES string of the molecule is Cc1cc(Sc2ccc(NC(=O)Nc3ccc(F)cc3F)cc2)n2ncnc2n1. The van der Waals surface area contributed by atoms with Crippen LogP contribution < -0.4 is 10.6 Å². The molecule has 0 fully saturated rings. The van der Waals surface area contributed by atoms with Crippen molar-refractivity contribution in [2.45, 2.75) is 16.8 Å². The van der Waals surface area contributed by atoms with Crippen molar-refractivity contribution in [3.63, 3.8) is 0 Å². The van der Waals surface area contributed by atoms with Gasteiger partial charge in [0.25, 0.3) is 5.78 Å². The van der Waals surface area contributed by atoms with E-state index < -0.39 is 17.7 Å². The molecule has 0 aliphatic heterocycles. The molecule has 4 aromatic rings. The second-order valence-corrected chi connectivity index (χ2v) is 7.13. The first kappa shape index (κ1) is 18.8. The molecule has 2 N–H and O–H groups in total. The normalized spacial score (nSPS) is 10.9. The predicted octanol–water partition coefficient (Wildman–Crippen LogP) is 4.51. The number of carbonyl (C=O) groups excluding carboxylic acids is 1. The zero-order valence-electron chi connectivity index (χ0n) is 15.1. The fraction of sp³-hybridized carbons (Fsp3) is 0.0526. The summed E-state index contributed by atoms with van der Waals surface area (Å²) < 4.78 is 28.2. The van der Waals surface area contributed by atoms with Crippen LogP contribution in [0.2, 0.25) is 0 Å². The van der Waals surface area contributed by atoms with Crippen molar-refractivity contribution >= 4 is 34.9 Å². The maximum absolute atomic E-state index is 13.6. The van der Waals surface area contributed by atoms with E-state index in [1.807, 2.05) is 25.1 Å². The fourth-order valence-corrected chi connectivity index (χ4v) is 3.53. The Bertz CT molecular complexity index is 1200. The van der Waals surface area contributed by atoms with Gasteiger partial charge in [0.15, 0.2) is 0 Å². The van der Waals surface area contributed by atoms with Crippen molar-refractivity contribution in [2.24, 2.45) is 0 Å². The monoisotopic (exact) mass is 412 g/mol. The van der Waals surface area contributed by atoms with Crippen molar-refractivity contribution in [2.75, 3.05) is 10.6 Å². The molecule has 29 heavy (non-hydrogen) atoms. The number of hydrogen-bond acceptors (Lipinski definition) is 5. The van der Waals surface area contributed by atoms with Crippen LogP contribution in [-0.2, 0) is 0 Å². The molecule has 146 valence electrons. The molecule has 2 aromatic heterocycles. The molecule has 0 spiro atoms. The molecule has 4 rings (SSSR count). The zero-order valence-corrected chi connectivity index (χ0v) is 15.9. The molecule has 0 saturated carbocycles. The summed E-state index contributed by atoms with van der Waals surface area (Å²) in [5.41, 5.74) is 1.24. The van der Waals surface area contributed by atoms with Crippen LogP contribution in [0.1, 0.15) is 5.69 Å². The van der Waals surface area contributed by atoms with E-state index in [9.17, 15) is 13.6 Å². The van der Waals surface area contributed by atoms with Gasteiger partial charge in [-0.1, -0.05) is 11.8 Å². The van der Waals surface area contributed by atoms with Gasteiger partial charge in [-0.25, -0.2) is 18.6 Å². The third kappa shape index (κ3) is 4.32. The lowest BCUT2D eigenvalue weighted by Crippen LogP contribution is -2.20. The van der Waals surface area contributed by atoms with E-state index >= 15 is 0 Å². The van der Waals surface area contributed by atoms with E-state index in [2.05, 4.69) is 25.7 Å². The van der Waals surface area contributed by atoms with Crippen LogP contribution in [0.4, 0.5) is 25.0 Å². The number of carbonyl (C=O) groups is 1. The minimum atomic E-state index is -0.848. The van der Waals surface area contributed by atoms with Gasteiger partial charge in [0, 0.05) is 22.3 Å². The molecular weight excluding hydrogens is 398 g/mol. The maximum atomic E-state index is 13.6. The highest BCUT2D eigenvalue weighted by atomic mass is 32.2. The summed E-state index contributed by atoms with van der Waals surface area (Å²) in [6, 6.07) is 11.3. The molecule has 0 aliphatic rings. The third-order valence-corrected chi connectivity index (χ3v) is 4.87. The molecule has 0 radical (unpaired) electrons. The topological polar surface area (TPSA) is 84.2 Å².